The first-order valence-corrected chi connectivity index (χ1v) is 11.1. The maximum Gasteiger partial charge on any atom is 0.417 e. The molecule has 29 heavy (non-hydrogen) atoms. The minimum absolute atomic E-state index is 0.142. The Labute approximate surface area is 176 Å². The average molecular weight is 443 g/mol. The van der Waals surface area contributed by atoms with Crippen LogP contribution in [0.4, 0.5) is 13.2 Å². The molecule has 156 valence electrons. The van der Waals surface area contributed by atoms with Gasteiger partial charge in [0.05, 0.1) is 22.2 Å². The van der Waals surface area contributed by atoms with Crippen LogP contribution in [0.3, 0.4) is 0 Å². The van der Waals surface area contributed by atoms with Crippen molar-refractivity contribution < 1.29 is 18.0 Å². The van der Waals surface area contributed by atoms with Crippen molar-refractivity contribution in [2.45, 2.75) is 56.4 Å². The first kappa shape index (κ1) is 20.7. The van der Waals surface area contributed by atoms with Gasteiger partial charge in [-0.25, -0.2) is 0 Å². The van der Waals surface area contributed by atoms with Gasteiger partial charge in [0, 0.05) is 12.1 Å². The van der Waals surface area contributed by atoms with E-state index in [0.29, 0.717) is 6.04 Å². The average Bonchev–Trinajstić information content (AvgIpc) is 3.35. The van der Waals surface area contributed by atoms with Gasteiger partial charge in [-0.2, -0.15) is 24.5 Å². The summed E-state index contributed by atoms with van der Waals surface area (Å²) >= 11 is 7.52. The Morgan fingerprint density at radius 1 is 1.21 bits per heavy atom. The number of benzene rings is 1. The van der Waals surface area contributed by atoms with Crippen LogP contribution in [0.5, 0.6) is 0 Å². The molecule has 8 heteroatoms. The predicted molar refractivity (Wildman–Crippen MR) is 108 cm³/mol. The lowest BCUT2D eigenvalue weighted by atomic mass is 9.98. The summed E-state index contributed by atoms with van der Waals surface area (Å²) in [6.45, 7) is 0.996. The Balaban J connectivity index is 1.62. The number of alkyl halides is 3. The van der Waals surface area contributed by atoms with Crippen LogP contribution in [0, 0.1) is 0 Å². The van der Waals surface area contributed by atoms with Crippen LogP contribution in [-0.2, 0) is 6.18 Å². The lowest BCUT2D eigenvalue weighted by Gasteiger charge is -2.38. The zero-order chi connectivity index (χ0) is 20.6. The number of amides is 1. The molecule has 2 aliphatic heterocycles. The third-order valence-corrected chi connectivity index (χ3v) is 7.13. The predicted octanol–water partition coefficient (Wildman–Crippen LogP) is 5.91. The molecular weight excluding hydrogens is 421 g/mol. The van der Waals surface area contributed by atoms with E-state index >= 15 is 0 Å². The molecule has 1 N–H and O–H groups in total. The third-order valence-electron chi connectivity index (χ3n) is 6.02. The van der Waals surface area contributed by atoms with Gasteiger partial charge in [-0.3, -0.25) is 9.69 Å². The summed E-state index contributed by atoms with van der Waals surface area (Å²) in [5.41, 5.74) is -0.145. The second-order valence-electron chi connectivity index (χ2n) is 7.70. The Hall–Kier alpha value is -1.57. The zero-order valence-corrected chi connectivity index (χ0v) is 17.3. The fourth-order valence-electron chi connectivity index (χ4n) is 4.66. The van der Waals surface area contributed by atoms with Crippen LogP contribution in [0.15, 0.2) is 35.0 Å². The largest absolute Gasteiger partial charge is 0.417 e. The van der Waals surface area contributed by atoms with E-state index in [0.717, 1.165) is 37.4 Å². The molecule has 2 fully saturated rings. The summed E-state index contributed by atoms with van der Waals surface area (Å²) in [7, 11) is 0. The molecule has 0 spiro atoms. The molecule has 0 unspecified atom stereocenters. The molecule has 2 aliphatic rings. The standard InChI is InChI=1S/C21H22ClF3N2OS/c22-18-15(5-3-6-16(18)21(23,24)25)20(28)26-19(13-9-11-29-12-13)17-8-7-14-4-1-2-10-27(14)17/h3,5-6,9,11-12,14,17,19H,1-2,4,7-8,10H2,(H,26,28)/t14-,17+,19+/m1/s1. The molecule has 1 aromatic heterocycles. The number of halogens is 4. The molecule has 0 aliphatic carbocycles. The maximum atomic E-state index is 13.2. The minimum Gasteiger partial charge on any atom is -0.344 e. The van der Waals surface area contributed by atoms with E-state index in [2.05, 4.69) is 10.2 Å². The highest BCUT2D eigenvalue weighted by molar-refractivity contribution is 7.08. The number of nitrogens with one attached hydrogen (secondary N) is 1. The van der Waals surface area contributed by atoms with Gasteiger partial charge < -0.3 is 5.32 Å². The molecule has 0 bridgehead atoms. The van der Waals surface area contributed by atoms with Gasteiger partial charge in [-0.05, 0) is 66.8 Å². The number of carbonyl (C=O) groups is 1. The van der Waals surface area contributed by atoms with Crippen molar-refractivity contribution in [3.8, 4) is 0 Å². The zero-order valence-electron chi connectivity index (χ0n) is 15.7. The normalized spacial score (nSPS) is 23.6. The Kier molecular flexibility index (Phi) is 5.91. The molecule has 4 rings (SSSR count). The minimum atomic E-state index is -4.60. The monoisotopic (exact) mass is 442 g/mol. The summed E-state index contributed by atoms with van der Waals surface area (Å²) in [4.78, 5) is 15.5. The first-order chi connectivity index (χ1) is 13.9. The number of hydrogen-bond donors (Lipinski definition) is 1. The third kappa shape index (κ3) is 4.18. The van der Waals surface area contributed by atoms with E-state index in [9.17, 15) is 18.0 Å². The van der Waals surface area contributed by atoms with Crippen LogP contribution < -0.4 is 5.32 Å². The molecular formula is C21H22ClF3N2OS. The van der Waals surface area contributed by atoms with Crippen LogP contribution >= 0.6 is 22.9 Å². The summed E-state index contributed by atoms with van der Waals surface area (Å²) in [5.74, 6) is -0.572. The number of hydrogen-bond acceptors (Lipinski definition) is 3. The van der Waals surface area contributed by atoms with E-state index in [1.165, 1.54) is 25.0 Å². The number of fused-ring (bicyclic) bond motifs is 1. The van der Waals surface area contributed by atoms with Gasteiger partial charge in [0.1, 0.15) is 0 Å². The van der Waals surface area contributed by atoms with Gasteiger partial charge in [-0.15, -0.1) is 0 Å². The lowest BCUT2D eigenvalue weighted by molar-refractivity contribution is -0.137. The number of thiophene rings is 1. The molecule has 0 saturated carbocycles. The molecule has 3 heterocycles. The highest BCUT2D eigenvalue weighted by Crippen LogP contribution is 2.39. The van der Waals surface area contributed by atoms with Crippen LogP contribution in [0.1, 0.15) is 59.6 Å². The Morgan fingerprint density at radius 2 is 2.03 bits per heavy atom. The van der Waals surface area contributed by atoms with Crippen molar-refractivity contribution in [2.24, 2.45) is 0 Å². The topological polar surface area (TPSA) is 32.3 Å². The number of rotatable bonds is 4. The summed E-state index contributed by atoms with van der Waals surface area (Å²) in [6.07, 6.45) is 0.972. The number of piperidine rings is 1. The van der Waals surface area contributed by atoms with Gasteiger partial charge >= 0.3 is 6.18 Å². The Morgan fingerprint density at radius 3 is 2.76 bits per heavy atom. The highest BCUT2D eigenvalue weighted by atomic mass is 35.5. The SMILES string of the molecule is O=C(N[C@@H](c1ccsc1)[C@@H]1CC[C@H]2CCCCN21)c1cccc(C(F)(F)F)c1Cl. The highest BCUT2D eigenvalue weighted by Gasteiger charge is 2.41. The lowest BCUT2D eigenvalue weighted by Crippen LogP contribution is -2.47. The maximum absolute atomic E-state index is 13.2. The van der Waals surface area contributed by atoms with Gasteiger partial charge in [0.25, 0.3) is 5.91 Å². The molecule has 2 aromatic rings. The van der Waals surface area contributed by atoms with E-state index < -0.39 is 22.7 Å². The van der Waals surface area contributed by atoms with Gasteiger partial charge in [0.2, 0.25) is 0 Å². The molecule has 2 saturated heterocycles. The quantitative estimate of drug-likeness (QED) is 0.638. The second-order valence-corrected chi connectivity index (χ2v) is 8.86. The fourth-order valence-corrected chi connectivity index (χ4v) is 5.67. The van der Waals surface area contributed by atoms with Gasteiger partial charge in [0.15, 0.2) is 0 Å². The Bertz CT molecular complexity index is 871. The van der Waals surface area contributed by atoms with E-state index in [1.807, 2.05) is 16.8 Å². The molecule has 1 aromatic carbocycles. The second kappa shape index (κ2) is 8.28. The van der Waals surface area contributed by atoms with Crippen molar-refractivity contribution in [3.63, 3.8) is 0 Å². The summed E-state index contributed by atoms with van der Waals surface area (Å²) in [5, 5.41) is 6.40. The van der Waals surface area contributed by atoms with Gasteiger partial charge in [-0.1, -0.05) is 24.1 Å². The van der Waals surface area contributed by atoms with Crippen molar-refractivity contribution in [1.82, 2.24) is 10.2 Å². The van der Waals surface area contributed by atoms with Crippen molar-refractivity contribution in [1.29, 1.82) is 0 Å². The first-order valence-electron chi connectivity index (χ1n) is 9.80. The molecule has 1 amide bonds. The smallest absolute Gasteiger partial charge is 0.344 e. The summed E-state index contributed by atoms with van der Waals surface area (Å²) in [6, 6.07) is 5.83. The van der Waals surface area contributed by atoms with Crippen molar-refractivity contribution in [2.75, 3.05) is 6.54 Å². The fraction of sp³-hybridized carbons (Fsp3) is 0.476. The van der Waals surface area contributed by atoms with E-state index in [-0.39, 0.29) is 17.6 Å². The van der Waals surface area contributed by atoms with Crippen molar-refractivity contribution in [3.05, 3.63) is 56.7 Å². The van der Waals surface area contributed by atoms with Crippen LogP contribution in [-0.4, -0.2) is 29.4 Å². The molecule has 0 radical (unpaired) electrons. The van der Waals surface area contributed by atoms with E-state index in [4.69, 9.17) is 11.6 Å². The number of carbonyl (C=O) groups excluding carboxylic acids is 1. The van der Waals surface area contributed by atoms with Crippen LogP contribution in [0.25, 0.3) is 0 Å². The number of nitrogens with zero attached hydrogens (tertiary/aromatic N) is 1. The van der Waals surface area contributed by atoms with Crippen LogP contribution in [0.2, 0.25) is 5.02 Å². The summed E-state index contributed by atoms with van der Waals surface area (Å²) < 4.78 is 39.6. The van der Waals surface area contributed by atoms with E-state index in [1.54, 1.807) is 11.3 Å². The molecule has 3 nitrogen and oxygen atoms in total. The molecule has 3 atom stereocenters. The van der Waals surface area contributed by atoms with Crippen molar-refractivity contribution >= 4 is 28.8 Å².